The molecular weight excluding hydrogens is 272 g/mol. The van der Waals surface area contributed by atoms with Gasteiger partial charge >= 0.3 is 0 Å². The molecule has 4 heteroatoms. The minimum atomic E-state index is 0. The zero-order valence-corrected chi connectivity index (χ0v) is 12.8. The van der Waals surface area contributed by atoms with Crippen LogP contribution in [-0.2, 0) is 11.2 Å². The van der Waals surface area contributed by atoms with E-state index >= 15 is 0 Å². The molecule has 0 saturated heterocycles. The maximum atomic E-state index is 12.7. The number of nitrogens with two attached hydrogens (primary N) is 1. The fourth-order valence-corrected chi connectivity index (χ4v) is 3.42. The zero-order valence-electron chi connectivity index (χ0n) is 12.0. The summed E-state index contributed by atoms with van der Waals surface area (Å²) in [4.78, 5) is 14.7. The Bertz CT molecular complexity index is 503. The van der Waals surface area contributed by atoms with E-state index in [0.29, 0.717) is 0 Å². The third kappa shape index (κ3) is 2.84. The average molecular weight is 295 g/mol. The van der Waals surface area contributed by atoms with Crippen molar-refractivity contribution in [3.63, 3.8) is 0 Å². The summed E-state index contributed by atoms with van der Waals surface area (Å²) in [7, 11) is 0. The summed E-state index contributed by atoms with van der Waals surface area (Å²) in [5, 5.41) is 0. The van der Waals surface area contributed by atoms with E-state index in [0.717, 1.165) is 44.3 Å². The van der Waals surface area contributed by atoms with Gasteiger partial charge in [-0.05, 0) is 50.7 Å². The lowest BCUT2D eigenvalue weighted by Gasteiger charge is -2.31. The maximum absolute atomic E-state index is 12.7. The monoisotopic (exact) mass is 294 g/mol. The molecule has 110 valence electrons. The number of hydrogen-bond donors (Lipinski definition) is 1. The minimum Gasteiger partial charge on any atom is -0.328 e. The number of rotatable bonds is 1. The second-order valence-electron chi connectivity index (χ2n) is 6.00. The maximum Gasteiger partial charge on any atom is 0.230 e. The first-order valence-electron chi connectivity index (χ1n) is 7.31. The van der Waals surface area contributed by atoms with Crippen LogP contribution in [-0.4, -0.2) is 18.5 Å². The predicted octanol–water partition coefficient (Wildman–Crippen LogP) is 2.82. The predicted molar refractivity (Wildman–Crippen MR) is 84.4 cm³/mol. The topological polar surface area (TPSA) is 46.3 Å². The van der Waals surface area contributed by atoms with Crippen molar-refractivity contribution in [2.75, 3.05) is 11.4 Å². The molecule has 1 aliphatic carbocycles. The van der Waals surface area contributed by atoms with Gasteiger partial charge in [0.1, 0.15) is 0 Å². The third-order valence-electron chi connectivity index (χ3n) is 4.44. The fourth-order valence-electron chi connectivity index (χ4n) is 3.42. The molecule has 2 unspecified atom stereocenters. The Labute approximate surface area is 126 Å². The summed E-state index contributed by atoms with van der Waals surface area (Å²) < 4.78 is 0. The summed E-state index contributed by atoms with van der Waals surface area (Å²) in [6, 6.07) is 6.65. The Morgan fingerprint density at radius 3 is 2.85 bits per heavy atom. The molecule has 1 aliphatic heterocycles. The van der Waals surface area contributed by atoms with E-state index in [-0.39, 0.29) is 30.3 Å². The van der Waals surface area contributed by atoms with Crippen LogP contribution >= 0.6 is 12.4 Å². The van der Waals surface area contributed by atoms with E-state index in [1.54, 1.807) is 0 Å². The molecule has 1 aromatic rings. The normalized spacial score (nSPS) is 25.0. The average Bonchev–Trinajstić information content (AvgIpc) is 2.83. The molecule has 0 radical (unpaired) electrons. The molecule has 2 aliphatic rings. The molecule has 20 heavy (non-hydrogen) atoms. The lowest BCUT2D eigenvalue weighted by atomic mass is 9.97. The van der Waals surface area contributed by atoms with Gasteiger partial charge < -0.3 is 10.6 Å². The van der Waals surface area contributed by atoms with Crippen LogP contribution in [0, 0.1) is 12.8 Å². The van der Waals surface area contributed by atoms with Crippen molar-refractivity contribution in [1.29, 1.82) is 0 Å². The highest BCUT2D eigenvalue weighted by molar-refractivity contribution is 5.96. The van der Waals surface area contributed by atoms with Gasteiger partial charge in [0.25, 0.3) is 0 Å². The van der Waals surface area contributed by atoms with Crippen molar-refractivity contribution in [2.45, 2.75) is 45.1 Å². The number of nitrogens with zero attached hydrogens (tertiary/aromatic N) is 1. The molecule has 1 saturated carbocycles. The van der Waals surface area contributed by atoms with E-state index in [4.69, 9.17) is 5.73 Å². The Kier molecular flexibility index (Phi) is 4.71. The SMILES string of the molecule is Cc1ccc2c(c1)CCCN2C(=O)C1CCC(N)C1.Cl. The van der Waals surface area contributed by atoms with Crippen LogP contribution in [0.5, 0.6) is 0 Å². The Morgan fingerprint density at radius 1 is 1.35 bits per heavy atom. The highest BCUT2D eigenvalue weighted by Crippen LogP contribution is 2.32. The van der Waals surface area contributed by atoms with Crippen molar-refractivity contribution < 1.29 is 4.79 Å². The van der Waals surface area contributed by atoms with Crippen molar-refractivity contribution in [1.82, 2.24) is 0 Å². The first-order chi connectivity index (χ1) is 9.15. The molecule has 1 aromatic carbocycles. The van der Waals surface area contributed by atoms with Gasteiger partial charge in [-0.2, -0.15) is 0 Å². The molecule has 2 N–H and O–H groups in total. The van der Waals surface area contributed by atoms with Gasteiger partial charge in [0.15, 0.2) is 0 Å². The van der Waals surface area contributed by atoms with Gasteiger partial charge in [-0.1, -0.05) is 17.7 Å². The molecule has 3 nitrogen and oxygen atoms in total. The fraction of sp³-hybridized carbons (Fsp3) is 0.562. The van der Waals surface area contributed by atoms with E-state index < -0.39 is 0 Å². The number of halogens is 1. The van der Waals surface area contributed by atoms with E-state index in [2.05, 4.69) is 25.1 Å². The van der Waals surface area contributed by atoms with E-state index in [1.165, 1.54) is 11.1 Å². The van der Waals surface area contributed by atoms with Crippen molar-refractivity contribution >= 4 is 24.0 Å². The zero-order chi connectivity index (χ0) is 13.4. The number of carbonyl (C=O) groups is 1. The first-order valence-corrected chi connectivity index (χ1v) is 7.31. The summed E-state index contributed by atoms with van der Waals surface area (Å²) in [6.07, 6.45) is 4.96. The Morgan fingerprint density at radius 2 is 2.15 bits per heavy atom. The highest BCUT2D eigenvalue weighted by Gasteiger charge is 2.33. The van der Waals surface area contributed by atoms with E-state index in [9.17, 15) is 4.79 Å². The molecule has 0 spiro atoms. The van der Waals surface area contributed by atoms with Gasteiger partial charge in [-0.25, -0.2) is 0 Å². The first kappa shape index (κ1) is 15.3. The summed E-state index contributed by atoms with van der Waals surface area (Å²) in [5.41, 5.74) is 9.66. The molecule has 2 atom stereocenters. The van der Waals surface area contributed by atoms with Gasteiger partial charge in [0.2, 0.25) is 5.91 Å². The lowest BCUT2D eigenvalue weighted by Crippen LogP contribution is -2.39. The summed E-state index contributed by atoms with van der Waals surface area (Å²) in [5.74, 6) is 0.431. The quantitative estimate of drug-likeness (QED) is 0.866. The number of aryl methyl sites for hydroxylation is 2. The molecule has 1 fully saturated rings. The van der Waals surface area contributed by atoms with Crippen LogP contribution in [0.25, 0.3) is 0 Å². The number of carbonyl (C=O) groups excluding carboxylic acids is 1. The van der Waals surface area contributed by atoms with Crippen molar-refractivity contribution in [3.05, 3.63) is 29.3 Å². The Hall–Kier alpha value is -1.06. The van der Waals surface area contributed by atoms with Crippen molar-refractivity contribution in [3.8, 4) is 0 Å². The van der Waals surface area contributed by atoms with Gasteiger partial charge in [0, 0.05) is 24.2 Å². The van der Waals surface area contributed by atoms with Crippen LogP contribution in [0.15, 0.2) is 18.2 Å². The second kappa shape index (κ2) is 6.15. The molecule has 3 rings (SSSR count). The largest absolute Gasteiger partial charge is 0.328 e. The van der Waals surface area contributed by atoms with Crippen LogP contribution in [0.2, 0.25) is 0 Å². The van der Waals surface area contributed by atoms with Gasteiger partial charge in [-0.3, -0.25) is 4.79 Å². The molecular formula is C16H23ClN2O. The van der Waals surface area contributed by atoms with Gasteiger partial charge in [-0.15, -0.1) is 12.4 Å². The molecule has 0 bridgehead atoms. The molecule has 0 aromatic heterocycles. The third-order valence-corrected chi connectivity index (χ3v) is 4.44. The van der Waals surface area contributed by atoms with Crippen LogP contribution in [0.1, 0.15) is 36.8 Å². The summed E-state index contributed by atoms with van der Waals surface area (Å²) in [6.45, 7) is 2.97. The number of amides is 1. The number of hydrogen-bond acceptors (Lipinski definition) is 2. The van der Waals surface area contributed by atoms with Gasteiger partial charge in [0.05, 0.1) is 0 Å². The van der Waals surface area contributed by atoms with E-state index in [1.807, 2.05) is 4.90 Å². The van der Waals surface area contributed by atoms with Crippen LogP contribution in [0.4, 0.5) is 5.69 Å². The van der Waals surface area contributed by atoms with Crippen molar-refractivity contribution in [2.24, 2.45) is 11.7 Å². The standard InChI is InChI=1S/C16H22N2O.ClH/c1-11-4-7-15-12(9-11)3-2-8-18(15)16(19)13-5-6-14(17)10-13;/h4,7,9,13-14H,2-3,5-6,8,10,17H2,1H3;1H. The Balaban J connectivity index is 0.00000147. The smallest absolute Gasteiger partial charge is 0.230 e. The minimum absolute atomic E-state index is 0. The van der Waals surface area contributed by atoms with Crippen LogP contribution in [0.3, 0.4) is 0 Å². The number of fused-ring (bicyclic) bond motifs is 1. The van der Waals surface area contributed by atoms with Crippen LogP contribution < -0.4 is 10.6 Å². The number of benzene rings is 1. The molecule has 1 amide bonds. The second-order valence-corrected chi connectivity index (χ2v) is 6.00. The molecule has 1 heterocycles. The lowest BCUT2D eigenvalue weighted by molar-refractivity contribution is -0.122. The summed E-state index contributed by atoms with van der Waals surface area (Å²) >= 11 is 0. The number of anilines is 1. The highest BCUT2D eigenvalue weighted by atomic mass is 35.5.